The van der Waals surface area contributed by atoms with Gasteiger partial charge in [0.15, 0.2) is 0 Å². The second-order valence-electron chi connectivity index (χ2n) is 9.67. The van der Waals surface area contributed by atoms with Crippen LogP contribution < -0.4 is 5.32 Å². The number of hydrogen-bond acceptors (Lipinski definition) is 6. The Bertz CT molecular complexity index is 1240. The Balaban J connectivity index is 1.49. The molecule has 0 aliphatic carbocycles. The summed E-state index contributed by atoms with van der Waals surface area (Å²) in [6, 6.07) is 7.79. The van der Waals surface area contributed by atoms with Crippen molar-refractivity contribution in [2.24, 2.45) is 0 Å². The number of carbonyl (C=O) groups is 2. The first-order valence-corrected chi connectivity index (χ1v) is 12.6. The van der Waals surface area contributed by atoms with Gasteiger partial charge in [0.1, 0.15) is 10.8 Å². The van der Waals surface area contributed by atoms with E-state index in [-0.39, 0.29) is 27.8 Å². The number of nitrogens with one attached hydrogen (secondary N) is 1. The van der Waals surface area contributed by atoms with Gasteiger partial charge in [-0.15, -0.1) is 10.2 Å². The molecule has 4 rings (SSSR count). The molecule has 3 heterocycles. The topological polar surface area (TPSA) is 88.1 Å². The smallest absolute Gasteiger partial charge is 0.259 e. The maximum absolute atomic E-state index is 14.2. The molecule has 35 heavy (non-hydrogen) atoms. The lowest BCUT2D eigenvalue weighted by molar-refractivity contribution is 0.0706. The first kappa shape index (κ1) is 25.2. The number of carbonyl (C=O) groups excluding carboxylic acids is 2. The molecule has 0 spiro atoms. The van der Waals surface area contributed by atoms with Crippen molar-refractivity contribution < 1.29 is 14.0 Å². The monoisotopic (exact) mass is 515 g/mol. The number of pyridine rings is 1. The van der Waals surface area contributed by atoms with Gasteiger partial charge in [-0.2, -0.15) is 0 Å². The van der Waals surface area contributed by atoms with Crippen LogP contribution in [0.25, 0.3) is 0 Å². The lowest BCUT2D eigenvalue weighted by atomic mass is 9.89. The second kappa shape index (κ2) is 9.99. The Morgan fingerprint density at radius 3 is 2.49 bits per heavy atom. The number of nitrogens with zero attached hydrogens (tertiary/aromatic N) is 4. The summed E-state index contributed by atoms with van der Waals surface area (Å²) < 4.78 is 14.2. The van der Waals surface area contributed by atoms with E-state index in [1.54, 1.807) is 17.0 Å². The van der Waals surface area contributed by atoms with Crippen LogP contribution in [0.3, 0.4) is 0 Å². The third-order valence-corrected chi connectivity index (χ3v) is 7.52. The summed E-state index contributed by atoms with van der Waals surface area (Å²) >= 11 is 7.43. The number of halogens is 2. The molecule has 0 bridgehead atoms. The predicted octanol–water partition coefficient (Wildman–Crippen LogP) is 5.60. The SMILES string of the molecule is Cc1ccc(C(=O)Nc2nnc(C(C)(C)C)s2)c(C2CCN(C(=O)c3c(F)cccc3Cl)CC2)n1. The molecule has 1 aromatic carbocycles. The Kier molecular flexibility index (Phi) is 7.19. The van der Waals surface area contributed by atoms with Crippen molar-refractivity contribution in [2.75, 3.05) is 18.4 Å². The minimum absolute atomic E-state index is 0.0182. The highest BCUT2D eigenvalue weighted by Gasteiger charge is 2.30. The molecule has 1 aliphatic heterocycles. The molecule has 2 aromatic heterocycles. The van der Waals surface area contributed by atoms with Gasteiger partial charge in [0.05, 0.1) is 21.8 Å². The highest BCUT2D eigenvalue weighted by Crippen LogP contribution is 2.32. The lowest BCUT2D eigenvalue weighted by Crippen LogP contribution is -2.39. The van der Waals surface area contributed by atoms with Crippen molar-refractivity contribution in [3.63, 3.8) is 0 Å². The van der Waals surface area contributed by atoms with Crippen LogP contribution in [0.4, 0.5) is 9.52 Å². The number of benzene rings is 1. The van der Waals surface area contributed by atoms with Crippen LogP contribution in [0, 0.1) is 12.7 Å². The Morgan fingerprint density at radius 2 is 1.86 bits per heavy atom. The lowest BCUT2D eigenvalue weighted by Gasteiger charge is -2.32. The van der Waals surface area contributed by atoms with Gasteiger partial charge in [0.2, 0.25) is 5.13 Å². The molecule has 0 unspecified atom stereocenters. The summed E-state index contributed by atoms with van der Waals surface area (Å²) in [6.45, 7) is 8.83. The molecule has 1 aliphatic rings. The molecule has 7 nitrogen and oxygen atoms in total. The van der Waals surface area contributed by atoms with Crippen LogP contribution >= 0.6 is 22.9 Å². The number of hydrogen-bond donors (Lipinski definition) is 1. The molecule has 0 radical (unpaired) electrons. The molecular formula is C25H27ClFN5O2S. The van der Waals surface area contributed by atoms with E-state index < -0.39 is 11.7 Å². The van der Waals surface area contributed by atoms with Gasteiger partial charge in [0, 0.05) is 30.1 Å². The average molecular weight is 516 g/mol. The van der Waals surface area contributed by atoms with E-state index in [1.165, 1.54) is 29.5 Å². The molecule has 0 saturated carbocycles. The maximum atomic E-state index is 14.2. The number of aromatic nitrogens is 3. The summed E-state index contributed by atoms with van der Waals surface area (Å²) in [4.78, 5) is 32.3. The molecule has 1 N–H and O–H groups in total. The molecule has 1 fully saturated rings. The standard InChI is InChI=1S/C25H27ClFN5O2S/c1-14-8-9-16(21(33)29-24-31-30-23(35-24)25(2,3)4)20(28-14)15-10-12-32(13-11-15)22(34)19-17(26)6-5-7-18(19)27/h5-9,15H,10-13H2,1-4H3,(H,29,31,33). The third kappa shape index (κ3) is 5.51. The number of rotatable bonds is 4. The second-order valence-corrected chi connectivity index (χ2v) is 11.0. The normalized spacial score (nSPS) is 14.7. The summed E-state index contributed by atoms with van der Waals surface area (Å²) in [5.74, 6) is -1.36. The molecule has 0 atom stereocenters. The molecule has 184 valence electrons. The van der Waals surface area contributed by atoms with Crippen molar-refractivity contribution in [3.8, 4) is 0 Å². The molecule has 3 aromatic rings. The predicted molar refractivity (Wildman–Crippen MR) is 135 cm³/mol. The molecule has 10 heteroatoms. The van der Waals surface area contributed by atoms with E-state index in [0.29, 0.717) is 42.3 Å². The first-order chi connectivity index (χ1) is 16.5. The summed E-state index contributed by atoms with van der Waals surface area (Å²) in [7, 11) is 0. The van der Waals surface area contributed by atoms with E-state index in [0.717, 1.165) is 10.7 Å². The van der Waals surface area contributed by atoms with E-state index in [9.17, 15) is 14.0 Å². The summed E-state index contributed by atoms with van der Waals surface area (Å²) in [6.07, 6.45) is 1.20. The molecule has 1 saturated heterocycles. The average Bonchev–Trinajstić information content (AvgIpc) is 3.28. The highest BCUT2D eigenvalue weighted by molar-refractivity contribution is 7.15. The first-order valence-electron chi connectivity index (χ1n) is 11.4. The number of likely N-dealkylation sites (tertiary alicyclic amines) is 1. The van der Waals surface area contributed by atoms with Gasteiger partial charge in [-0.1, -0.05) is 49.8 Å². The van der Waals surface area contributed by atoms with Crippen LogP contribution in [-0.2, 0) is 5.41 Å². The minimum Gasteiger partial charge on any atom is -0.338 e. The number of anilines is 1. The highest BCUT2D eigenvalue weighted by atomic mass is 35.5. The summed E-state index contributed by atoms with van der Waals surface area (Å²) in [5.41, 5.74) is 1.71. The third-order valence-electron chi connectivity index (χ3n) is 5.94. The van der Waals surface area contributed by atoms with Gasteiger partial charge < -0.3 is 4.90 Å². The van der Waals surface area contributed by atoms with Crippen molar-refractivity contribution in [2.45, 2.75) is 51.9 Å². The largest absolute Gasteiger partial charge is 0.338 e. The Hall–Kier alpha value is -2.91. The van der Waals surface area contributed by atoms with Crippen LogP contribution in [0.15, 0.2) is 30.3 Å². The fourth-order valence-corrected chi connectivity index (χ4v) is 5.08. The molecular weight excluding hydrogens is 489 g/mol. The van der Waals surface area contributed by atoms with Gasteiger partial charge in [-0.05, 0) is 44.0 Å². The van der Waals surface area contributed by atoms with Crippen LogP contribution in [0.1, 0.15) is 76.6 Å². The van der Waals surface area contributed by atoms with Crippen LogP contribution in [0.5, 0.6) is 0 Å². The minimum atomic E-state index is -0.629. The Labute approximate surface area is 212 Å². The van der Waals surface area contributed by atoms with Gasteiger partial charge >= 0.3 is 0 Å². The quantitative estimate of drug-likeness (QED) is 0.488. The maximum Gasteiger partial charge on any atom is 0.259 e. The van der Waals surface area contributed by atoms with Crippen LogP contribution in [0.2, 0.25) is 5.02 Å². The fraction of sp³-hybridized carbons (Fsp3) is 0.400. The number of piperidine rings is 1. The zero-order valence-corrected chi connectivity index (χ0v) is 21.6. The van der Waals surface area contributed by atoms with Crippen molar-refractivity contribution in [1.29, 1.82) is 0 Å². The number of amides is 2. The van der Waals surface area contributed by atoms with E-state index in [2.05, 4.69) is 20.5 Å². The van der Waals surface area contributed by atoms with E-state index in [1.807, 2.05) is 27.7 Å². The fourth-order valence-electron chi connectivity index (χ4n) is 4.04. The van der Waals surface area contributed by atoms with Gasteiger partial charge in [-0.25, -0.2) is 4.39 Å². The zero-order valence-electron chi connectivity index (χ0n) is 20.1. The van der Waals surface area contributed by atoms with Crippen LogP contribution in [-0.4, -0.2) is 45.0 Å². The van der Waals surface area contributed by atoms with E-state index >= 15 is 0 Å². The van der Waals surface area contributed by atoms with Crippen molar-refractivity contribution in [3.05, 3.63) is 68.7 Å². The van der Waals surface area contributed by atoms with Crippen molar-refractivity contribution in [1.82, 2.24) is 20.1 Å². The molecule has 2 amide bonds. The Morgan fingerprint density at radius 1 is 1.14 bits per heavy atom. The van der Waals surface area contributed by atoms with Crippen molar-refractivity contribution >= 4 is 39.9 Å². The van der Waals surface area contributed by atoms with E-state index in [4.69, 9.17) is 11.6 Å². The summed E-state index contributed by atoms with van der Waals surface area (Å²) in [5, 5.41) is 12.5. The van der Waals surface area contributed by atoms with Gasteiger partial charge in [0.25, 0.3) is 11.8 Å². The number of aryl methyl sites for hydroxylation is 1. The zero-order chi connectivity index (χ0) is 25.3. The van der Waals surface area contributed by atoms with Gasteiger partial charge in [-0.3, -0.25) is 19.9 Å².